The lowest BCUT2D eigenvalue weighted by Gasteiger charge is -2.33. The molecule has 99 valence electrons. The first-order chi connectivity index (χ1) is 8.04. The van der Waals surface area contributed by atoms with Crippen LogP contribution in [0.4, 0.5) is 4.79 Å². The molecule has 0 aromatic carbocycles. The minimum atomic E-state index is 0.0924. The number of amides is 2. The molecule has 0 aliphatic carbocycles. The number of piperidine rings is 1. The second-order valence-corrected chi connectivity index (χ2v) is 5.20. The topological polar surface area (TPSA) is 26.8 Å². The SMILES string of the molecule is [CH2]CN1CCC[C@@H](CCN(C)C(=O)N(C)C)C1. The molecule has 1 rings (SSSR count). The first-order valence-electron chi connectivity index (χ1n) is 6.48. The predicted molar refractivity (Wildman–Crippen MR) is 70.9 cm³/mol. The summed E-state index contributed by atoms with van der Waals surface area (Å²) in [5.74, 6) is 0.725. The van der Waals surface area contributed by atoms with Gasteiger partial charge in [0.2, 0.25) is 0 Å². The summed E-state index contributed by atoms with van der Waals surface area (Å²) in [6, 6.07) is 0.0924. The third-order valence-electron chi connectivity index (χ3n) is 3.50. The highest BCUT2D eigenvalue weighted by Gasteiger charge is 2.20. The zero-order valence-electron chi connectivity index (χ0n) is 11.5. The van der Waals surface area contributed by atoms with Crippen LogP contribution in [0.5, 0.6) is 0 Å². The number of carbonyl (C=O) groups excluding carboxylic acids is 1. The predicted octanol–water partition coefficient (Wildman–Crippen LogP) is 1.54. The van der Waals surface area contributed by atoms with Crippen LogP contribution < -0.4 is 0 Å². The maximum atomic E-state index is 11.7. The maximum Gasteiger partial charge on any atom is 0.319 e. The Balaban J connectivity index is 2.28. The van der Waals surface area contributed by atoms with E-state index in [-0.39, 0.29) is 6.03 Å². The zero-order chi connectivity index (χ0) is 12.8. The molecule has 0 N–H and O–H groups in total. The van der Waals surface area contributed by atoms with Crippen LogP contribution in [0, 0.1) is 12.8 Å². The smallest absolute Gasteiger partial charge is 0.319 e. The highest BCUT2D eigenvalue weighted by atomic mass is 16.2. The van der Waals surface area contributed by atoms with Gasteiger partial charge in [-0.3, -0.25) is 0 Å². The van der Waals surface area contributed by atoms with Crippen molar-refractivity contribution < 1.29 is 4.79 Å². The van der Waals surface area contributed by atoms with Gasteiger partial charge in [-0.2, -0.15) is 0 Å². The summed E-state index contributed by atoms with van der Waals surface area (Å²) in [5.41, 5.74) is 0. The summed E-state index contributed by atoms with van der Waals surface area (Å²) < 4.78 is 0. The molecular weight excluding hydrogens is 214 g/mol. The van der Waals surface area contributed by atoms with E-state index >= 15 is 0 Å². The Kier molecular flexibility index (Phi) is 5.75. The Labute approximate surface area is 106 Å². The third kappa shape index (κ3) is 4.54. The lowest BCUT2D eigenvalue weighted by atomic mass is 9.95. The summed E-state index contributed by atoms with van der Waals surface area (Å²) in [6.45, 7) is 8.04. The highest BCUT2D eigenvalue weighted by Crippen LogP contribution is 2.19. The first kappa shape index (κ1) is 14.3. The van der Waals surface area contributed by atoms with Crippen molar-refractivity contribution in [1.82, 2.24) is 14.7 Å². The number of carbonyl (C=O) groups is 1. The molecule has 1 fully saturated rings. The summed E-state index contributed by atoms with van der Waals surface area (Å²) in [4.78, 5) is 17.5. The van der Waals surface area contributed by atoms with E-state index in [4.69, 9.17) is 0 Å². The molecule has 4 heteroatoms. The van der Waals surface area contributed by atoms with Crippen LogP contribution in [0.3, 0.4) is 0 Å². The number of nitrogens with zero attached hydrogens (tertiary/aromatic N) is 3. The van der Waals surface area contributed by atoms with Crippen molar-refractivity contribution in [2.45, 2.75) is 19.3 Å². The summed E-state index contributed by atoms with van der Waals surface area (Å²) in [7, 11) is 5.47. The van der Waals surface area contributed by atoms with E-state index in [0.717, 1.165) is 32.0 Å². The van der Waals surface area contributed by atoms with Crippen LogP contribution in [-0.2, 0) is 0 Å². The number of likely N-dealkylation sites (tertiary alicyclic amines) is 1. The van der Waals surface area contributed by atoms with Crippen molar-refractivity contribution in [3.05, 3.63) is 6.92 Å². The second kappa shape index (κ2) is 6.84. The number of hydrogen-bond acceptors (Lipinski definition) is 2. The van der Waals surface area contributed by atoms with Gasteiger partial charge in [-0.1, -0.05) is 0 Å². The van der Waals surface area contributed by atoms with Gasteiger partial charge in [-0.15, -0.1) is 0 Å². The lowest BCUT2D eigenvalue weighted by molar-refractivity contribution is 0.159. The molecule has 0 unspecified atom stereocenters. The standard InChI is InChI=1S/C13H26N3O/c1-5-16-9-6-7-12(11-16)8-10-15(4)13(17)14(2)3/h12H,1,5-11H2,2-4H3/t12-/m0/s1. The van der Waals surface area contributed by atoms with Crippen molar-refractivity contribution in [1.29, 1.82) is 0 Å². The van der Waals surface area contributed by atoms with E-state index in [1.165, 1.54) is 19.4 Å². The lowest BCUT2D eigenvalue weighted by Crippen LogP contribution is -2.40. The van der Waals surface area contributed by atoms with Gasteiger partial charge in [-0.25, -0.2) is 4.79 Å². The molecule has 1 atom stereocenters. The van der Waals surface area contributed by atoms with Crippen LogP contribution in [-0.4, -0.2) is 68.1 Å². The molecule has 17 heavy (non-hydrogen) atoms. The van der Waals surface area contributed by atoms with E-state index in [1.54, 1.807) is 19.0 Å². The number of rotatable bonds is 4. The Hall–Kier alpha value is -0.770. The highest BCUT2D eigenvalue weighted by molar-refractivity contribution is 5.73. The molecule has 1 radical (unpaired) electrons. The van der Waals surface area contributed by atoms with E-state index in [0.29, 0.717) is 0 Å². The molecule has 0 spiro atoms. The van der Waals surface area contributed by atoms with Gasteiger partial charge < -0.3 is 14.7 Å². The minimum Gasteiger partial charge on any atom is -0.331 e. The van der Waals surface area contributed by atoms with Crippen LogP contribution in [0.1, 0.15) is 19.3 Å². The van der Waals surface area contributed by atoms with Crippen LogP contribution in [0.2, 0.25) is 0 Å². The molecule has 1 aliphatic rings. The average molecular weight is 240 g/mol. The molecule has 4 nitrogen and oxygen atoms in total. The molecule has 0 bridgehead atoms. The largest absolute Gasteiger partial charge is 0.331 e. The molecule has 2 amide bonds. The van der Waals surface area contributed by atoms with E-state index < -0.39 is 0 Å². The minimum absolute atomic E-state index is 0.0924. The Morgan fingerprint density at radius 3 is 2.71 bits per heavy atom. The molecule has 1 heterocycles. The summed E-state index contributed by atoms with van der Waals surface area (Å²) in [5, 5.41) is 0. The van der Waals surface area contributed by atoms with E-state index in [1.807, 2.05) is 11.9 Å². The van der Waals surface area contributed by atoms with Gasteiger partial charge >= 0.3 is 6.03 Å². The van der Waals surface area contributed by atoms with E-state index in [2.05, 4.69) is 11.8 Å². The van der Waals surface area contributed by atoms with E-state index in [9.17, 15) is 4.79 Å². The fourth-order valence-corrected chi connectivity index (χ4v) is 2.40. The van der Waals surface area contributed by atoms with Gasteiger partial charge in [0.1, 0.15) is 0 Å². The fraction of sp³-hybridized carbons (Fsp3) is 0.846. The van der Waals surface area contributed by atoms with Crippen molar-refractivity contribution >= 4 is 6.03 Å². The van der Waals surface area contributed by atoms with Crippen molar-refractivity contribution in [3.8, 4) is 0 Å². The molecule has 1 saturated heterocycles. The summed E-state index contributed by atoms with van der Waals surface area (Å²) >= 11 is 0. The summed E-state index contributed by atoms with van der Waals surface area (Å²) in [6.07, 6.45) is 3.67. The monoisotopic (exact) mass is 240 g/mol. The van der Waals surface area contributed by atoms with Gasteiger partial charge in [0, 0.05) is 34.2 Å². The molecule has 0 saturated carbocycles. The Morgan fingerprint density at radius 1 is 1.41 bits per heavy atom. The van der Waals surface area contributed by atoms with Gasteiger partial charge in [-0.05, 0) is 45.2 Å². The van der Waals surface area contributed by atoms with Gasteiger partial charge in [0.05, 0.1) is 0 Å². The number of hydrogen-bond donors (Lipinski definition) is 0. The van der Waals surface area contributed by atoms with Crippen molar-refractivity contribution in [2.24, 2.45) is 5.92 Å². The van der Waals surface area contributed by atoms with Crippen LogP contribution in [0.25, 0.3) is 0 Å². The average Bonchev–Trinajstić information content (AvgIpc) is 2.35. The van der Waals surface area contributed by atoms with Crippen molar-refractivity contribution in [3.63, 3.8) is 0 Å². The maximum absolute atomic E-state index is 11.7. The third-order valence-corrected chi connectivity index (χ3v) is 3.50. The van der Waals surface area contributed by atoms with Crippen LogP contribution >= 0.6 is 0 Å². The molecule has 1 aliphatic heterocycles. The van der Waals surface area contributed by atoms with Crippen LogP contribution in [0.15, 0.2) is 0 Å². The quantitative estimate of drug-likeness (QED) is 0.745. The Morgan fingerprint density at radius 2 is 2.12 bits per heavy atom. The number of urea groups is 1. The first-order valence-corrected chi connectivity index (χ1v) is 6.48. The molecule has 0 aromatic heterocycles. The fourth-order valence-electron chi connectivity index (χ4n) is 2.40. The van der Waals surface area contributed by atoms with Gasteiger partial charge in [0.15, 0.2) is 0 Å². The zero-order valence-corrected chi connectivity index (χ0v) is 11.5. The Bertz CT molecular complexity index is 243. The molecule has 0 aromatic rings. The second-order valence-electron chi connectivity index (χ2n) is 5.20. The normalized spacial score (nSPS) is 21.3. The van der Waals surface area contributed by atoms with Gasteiger partial charge in [0.25, 0.3) is 0 Å². The molecular formula is C13H26N3O. The van der Waals surface area contributed by atoms with Crippen molar-refractivity contribution in [2.75, 3.05) is 47.3 Å².